The van der Waals surface area contributed by atoms with Gasteiger partial charge in [0.05, 0.1) is 5.52 Å². The normalized spacial score (nSPS) is 18.4. The van der Waals surface area contributed by atoms with Gasteiger partial charge in [0.25, 0.3) is 0 Å². The van der Waals surface area contributed by atoms with Gasteiger partial charge in [-0.25, -0.2) is 4.98 Å². The molecule has 0 radical (unpaired) electrons. The molecular formula is C26H32F3N5O. The van der Waals surface area contributed by atoms with E-state index in [1.54, 1.807) is 6.07 Å². The van der Waals surface area contributed by atoms with Gasteiger partial charge in [-0.15, -0.1) is 13.2 Å². The van der Waals surface area contributed by atoms with E-state index in [4.69, 9.17) is 9.97 Å². The van der Waals surface area contributed by atoms with E-state index in [0.29, 0.717) is 30.9 Å². The lowest BCUT2D eigenvalue weighted by atomic mass is 9.86. The van der Waals surface area contributed by atoms with Crippen molar-refractivity contribution in [1.82, 2.24) is 15.3 Å². The maximum Gasteiger partial charge on any atom is 0.573 e. The van der Waals surface area contributed by atoms with Gasteiger partial charge in [0.2, 0.25) is 5.95 Å². The van der Waals surface area contributed by atoms with E-state index < -0.39 is 6.36 Å². The first-order valence-electron chi connectivity index (χ1n) is 12.0. The zero-order valence-electron chi connectivity index (χ0n) is 20.1. The maximum atomic E-state index is 12.4. The highest BCUT2D eigenvalue weighted by Gasteiger charge is 2.31. The highest BCUT2D eigenvalue weighted by molar-refractivity contribution is 5.90. The van der Waals surface area contributed by atoms with E-state index in [2.05, 4.69) is 15.4 Å². The maximum absolute atomic E-state index is 12.4. The summed E-state index contributed by atoms with van der Waals surface area (Å²) in [7, 11) is 3.98. The number of nitrogens with one attached hydrogen (secondary N) is 2. The van der Waals surface area contributed by atoms with Crippen molar-refractivity contribution in [2.24, 2.45) is 5.92 Å². The number of aromatic nitrogens is 2. The fraction of sp³-hybridized carbons (Fsp3) is 0.462. The van der Waals surface area contributed by atoms with Crippen LogP contribution in [0.5, 0.6) is 5.75 Å². The largest absolute Gasteiger partial charge is 0.573 e. The van der Waals surface area contributed by atoms with Crippen LogP contribution in [0.25, 0.3) is 10.9 Å². The summed E-state index contributed by atoms with van der Waals surface area (Å²) < 4.78 is 41.2. The molecule has 1 saturated carbocycles. The van der Waals surface area contributed by atoms with Crippen molar-refractivity contribution < 1.29 is 17.9 Å². The lowest BCUT2D eigenvalue weighted by Crippen LogP contribution is -2.32. The van der Waals surface area contributed by atoms with Crippen LogP contribution >= 0.6 is 0 Å². The third-order valence-corrected chi connectivity index (χ3v) is 6.34. The van der Waals surface area contributed by atoms with Crippen molar-refractivity contribution in [3.8, 4) is 5.75 Å². The van der Waals surface area contributed by atoms with Gasteiger partial charge in [-0.3, -0.25) is 0 Å². The van der Waals surface area contributed by atoms with Crippen molar-refractivity contribution in [1.29, 1.82) is 0 Å². The molecular weight excluding hydrogens is 455 g/mol. The van der Waals surface area contributed by atoms with E-state index in [1.165, 1.54) is 12.1 Å². The first-order chi connectivity index (χ1) is 16.8. The summed E-state index contributed by atoms with van der Waals surface area (Å²) in [6.45, 7) is 1.62. The van der Waals surface area contributed by atoms with E-state index in [0.717, 1.165) is 54.5 Å². The Morgan fingerprint density at radius 3 is 2.51 bits per heavy atom. The number of nitrogens with zero attached hydrogens (tertiary/aromatic N) is 3. The van der Waals surface area contributed by atoms with E-state index in [9.17, 15) is 13.2 Å². The minimum Gasteiger partial charge on any atom is -0.406 e. The molecule has 3 aromatic rings. The third-order valence-electron chi connectivity index (χ3n) is 6.34. The summed E-state index contributed by atoms with van der Waals surface area (Å²) in [5.41, 5.74) is 1.75. The number of para-hydroxylation sites is 1. The first-order valence-corrected chi connectivity index (χ1v) is 12.0. The summed E-state index contributed by atoms with van der Waals surface area (Å²) in [6, 6.07) is 14.6. The lowest BCUT2D eigenvalue weighted by Gasteiger charge is -2.29. The Morgan fingerprint density at radius 2 is 1.77 bits per heavy atom. The summed E-state index contributed by atoms with van der Waals surface area (Å²) in [5, 5.41) is 8.04. The second kappa shape index (κ2) is 11.1. The molecule has 35 heavy (non-hydrogen) atoms. The molecule has 0 amide bonds. The molecule has 4 rings (SSSR count). The van der Waals surface area contributed by atoms with Crippen LogP contribution in [0.4, 0.5) is 24.9 Å². The molecule has 9 heteroatoms. The molecule has 188 valence electrons. The minimum atomic E-state index is -4.67. The SMILES string of the molecule is CN(C)c1nc(NC2CCC(CNCCc3cccc(OC(F)(F)F)c3)CC2)nc2ccccc12. The average Bonchev–Trinajstić information content (AvgIpc) is 2.81. The van der Waals surface area contributed by atoms with Gasteiger partial charge in [-0.05, 0) is 80.9 Å². The van der Waals surface area contributed by atoms with Gasteiger partial charge in [0.15, 0.2) is 0 Å². The third kappa shape index (κ3) is 7.21. The molecule has 1 aliphatic carbocycles. The first kappa shape index (κ1) is 25.0. The Hall–Kier alpha value is -3.07. The molecule has 0 atom stereocenters. The molecule has 0 spiro atoms. The van der Waals surface area contributed by atoms with Crippen molar-refractivity contribution in [3.05, 3.63) is 54.1 Å². The Balaban J connectivity index is 1.21. The Labute approximate surface area is 203 Å². The second-order valence-electron chi connectivity index (χ2n) is 9.29. The topological polar surface area (TPSA) is 62.3 Å². The van der Waals surface area contributed by atoms with Gasteiger partial charge in [-0.1, -0.05) is 24.3 Å². The summed E-state index contributed by atoms with van der Waals surface area (Å²) in [6.07, 6.45) is 0.299. The number of halogens is 3. The van der Waals surface area contributed by atoms with Gasteiger partial charge in [-0.2, -0.15) is 4.98 Å². The van der Waals surface area contributed by atoms with E-state index in [-0.39, 0.29) is 5.75 Å². The highest BCUT2D eigenvalue weighted by Crippen LogP contribution is 2.28. The van der Waals surface area contributed by atoms with Crippen LogP contribution in [0.15, 0.2) is 48.5 Å². The Bertz CT molecular complexity index is 1110. The summed E-state index contributed by atoms with van der Waals surface area (Å²) in [4.78, 5) is 11.5. The van der Waals surface area contributed by atoms with E-state index in [1.807, 2.05) is 49.3 Å². The Morgan fingerprint density at radius 1 is 1.00 bits per heavy atom. The van der Waals surface area contributed by atoms with Gasteiger partial charge in [0.1, 0.15) is 11.6 Å². The van der Waals surface area contributed by atoms with Crippen LogP contribution in [0.1, 0.15) is 31.2 Å². The average molecular weight is 488 g/mol. The predicted molar refractivity (Wildman–Crippen MR) is 133 cm³/mol. The zero-order valence-corrected chi connectivity index (χ0v) is 20.1. The van der Waals surface area contributed by atoms with Crippen LogP contribution in [0, 0.1) is 5.92 Å². The van der Waals surface area contributed by atoms with Gasteiger partial charge in [0, 0.05) is 25.5 Å². The molecule has 1 heterocycles. The number of alkyl halides is 3. The number of hydrogen-bond donors (Lipinski definition) is 2. The highest BCUT2D eigenvalue weighted by atomic mass is 19.4. The predicted octanol–water partition coefficient (Wildman–Crippen LogP) is 5.40. The van der Waals surface area contributed by atoms with E-state index >= 15 is 0 Å². The molecule has 6 nitrogen and oxygen atoms in total. The molecule has 2 N–H and O–H groups in total. The fourth-order valence-corrected chi connectivity index (χ4v) is 4.60. The number of hydrogen-bond acceptors (Lipinski definition) is 6. The number of anilines is 2. The quantitative estimate of drug-likeness (QED) is 0.394. The molecule has 0 bridgehead atoms. The smallest absolute Gasteiger partial charge is 0.406 e. The Kier molecular flexibility index (Phi) is 7.95. The van der Waals surface area contributed by atoms with Crippen molar-refractivity contribution in [2.75, 3.05) is 37.4 Å². The fourth-order valence-electron chi connectivity index (χ4n) is 4.60. The molecule has 0 unspecified atom stereocenters. The minimum absolute atomic E-state index is 0.172. The number of benzene rings is 2. The van der Waals surface area contributed by atoms with Gasteiger partial charge < -0.3 is 20.3 Å². The molecule has 0 saturated heterocycles. The van der Waals surface area contributed by atoms with Gasteiger partial charge >= 0.3 is 6.36 Å². The second-order valence-corrected chi connectivity index (χ2v) is 9.29. The monoisotopic (exact) mass is 487 g/mol. The molecule has 0 aliphatic heterocycles. The zero-order chi connectivity index (χ0) is 24.8. The van der Waals surface area contributed by atoms with Crippen molar-refractivity contribution >= 4 is 22.7 Å². The number of rotatable bonds is 9. The van der Waals surface area contributed by atoms with Crippen LogP contribution in [-0.2, 0) is 6.42 Å². The number of fused-ring (bicyclic) bond motifs is 1. The molecule has 1 aromatic heterocycles. The van der Waals surface area contributed by atoms with Crippen molar-refractivity contribution in [2.45, 2.75) is 44.5 Å². The molecule has 1 fully saturated rings. The van der Waals surface area contributed by atoms with Crippen LogP contribution in [0.3, 0.4) is 0 Å². The number of ether oxygens (including phenoxy) is 1. The van der Waals surface area contributed by atoms with Crippen LogP contribution in [0.2, 0.25) is 0 Å². The standard InChI is InChI=1S/C26H32F3N5O/c1-34(2)24-22-8-3-4-9-23(22)32-25(33-24)31-20-12-10-19(11-13-20)17-30-15-14-18-6-5-7-21(16-18)35-26(27,28)29/h3-9,16,19-20,30H,10-15,17H2,1-2H3,(H,31,32,33). The lowest BCUT2D eigenvalue weighted by molar-refractivity contribution is -0.274. The van der Waals surface area contributed by atoms with Crippen molar-refractivity contribution in [3.63, 3.8) is 0 Å². The summed E-state index contributed by atoms with van der Waals surface area (Å²) >= 11 is 0. The van der Waals surface area contributed by atoms with Crippen LogP contribution in [-0.4, -0.2) is 49.6 Å². The van der Waals surface area contributed by atoms with Crippen LogP contribution < -0.4 is 20.3 Å². The molecule has 2 aromatic carbocycles. The summed E-state index contributed by atoms with van der Waals surface area (Å²) in [5.74, 6) is 1.99. The molecule has 1 aliphatic rings.